The Kier molecular flexibility index (Phi) is 5.79. The quantitative estimate of drug-likeness (QED) is 0.402. The summed E-state index contributed by atoms with van der Waals surface area (Å²) in [6.07, 6.45) is 4.55. The van der Waals surface area contributed by atoms with Gasteiger partial charge in [-0.25, -0.2) is 15.0 Å². The minimum absolute atomic E-state index is 0.260. The van der Waals surface area contributed by atoms with Crippen LogP contribution in [0.2, 0.25) is 0 Å². The largest absolute Gasteiger partial charge is 0.394 e. The second kappa shape index (κ2) is 8.33. The molecule has 0 aromatic carbocycles. The summed E-state index contributed by atoms with van der Waals surface area (Å²) in [6.45, 7) is 1.83. The highest BCUT2D eigenvalue weighted by molar-refractivity contribution is 5.85. The molecule has 0 bridgehead atoms. The first-order valence-corrected chi connectivity index (χ1v) is 10.0. The van der Waals surface area contributed by atoms with Crippen molar-refractivity contribution >= 4 is 16.8 Å². The van der Waals surface area contributed by atoms with Crippen LogP contribution in [-0.2, 0) is 4.74 Å². The van der Waals surface area contributed by atoms with Crippen LogP contribution < -0.4 is 0 Å². The van der Waals surface area contributed by atoms with Crippen molar-refractivity contribution in [1.29, 1.82) is 0 Å². The molecule has 1 aliphatic heterocycles. The third-order valence-corrected chi connectivity index (χ3v) is 5.57. The second-order valence-corrected chi connectivity index (χ2v) is 7.57. The lowest BCUT2D eigenvalue weighted by Crippen LogP contribution is -2.24. The van der Waals surface area contributed by atoms with E-state index in [-0.39, 0.29) is 6.61 Å². The molecule has 4 rings (SSSR count). The molecule has 0 spiro atoms. The molecule has 29 heavy (non-hydrogen) atoms. The zero-order chi connectivity index (χ0) is 20.5. The van der Waals surface area contributed by atoms with Crippen molar-refractivity contribution in [2.75, 3.05) is 6.61 Å². The smallest absolute Gasteiger partial charge is 0.168 e. The highest BCUT2D eigenvalue weighted by atomic mass is 16.5. The Bertz CT molecular complexity index is 973. The van der Waals surface area contributed by atoms with Gasteiger partial charge in [-0.05, 0) is 6.42 Å². The Labute approximate surface area is 167 Å². The van der Waals surface area contributed by atoms with E-state index in [0.717, 1.165) is 19.3 Å². The van der Waals surface area contributed by atoms with E-state index in [1.54, 1.807) is 15.3 Å². The molecule has 1 fully saturated rings. The average molecular weight is 405 g/mol. The Morgan fingerprint density at radius 1 is 1.17 bits per heavy atom. The van der Waals surface area contributed by atoms with Crippen molar-refractivity contribution in [2.24, 2.45) is 0 Å². The fourth-order valence-electron chi connectivity index (χ4n) is 3.86. The van der Waals surface area contributed by atoms with Gasteiger partial charge in [0.25, 0.3) is 0 Å². The van der Waals surface area contributed by atoms with Crippen molar-refractivity contribution < 1.29 is 25.2 Å². The van der Waals surface area contributed by atoms with Crippen LogP contribution in [0.15, 0.2) is 18.9 Å². The summed E-state index contributed by atoms with van der Waals surface area (Å²) in [5.41, 5.74) is 2.03. The summed E-state index contributed by atoms with van der Waals surface area (Å²) in [5, 5.41) is 40.2. The highest BCUT2D eigenvalue weighted by Gasteiger charge is 2.35. The number of unbranched alkanes of at least 4 members (excludes halogenated alkanes) is 2. The zero-order valence-electron chi connectivity index (χ0n) is 16.3. The molecule has 10 heteroatoms. The van der Waals surface area contributed by atoms with E-state index in [4.69, 9.17) is 4.74 Å². The van der Waals surface area contributed by atoms with Gasteiger partial charge >= 0.3 is 0 Å². The van der Waals surface area contributed by atoms with Crippen molar-refractivity contribution in [3.8, 4) is 0 Å². The van der Waals surface area contributed by atoms with Crippen molar-refractivity contribution in [3.05, 3.63) is 24.5 Å². The molecule has 3 aromatic rings. The fraction of sp³-hybridized carbons (Fsp3) is 0.632. The third kappa shape index (κ3) is 3.62. The summed E-state index contributed by atoms with van der Waals surface area (Å²) in [4.78, 5) is 13.2. The molecule has 158 valence electrons. The van der Waals surface area contributed by atoms with Gasteiger partial charge in [-0.3, -0.25) is 8.97 Å². The fourth-order valence-corrected chi connectivity index (χ4v) is 3.86. The van der Waals surface area contributed by atoms with E-state index in [1.165, 1.54) is 12.5 Å². The van der Waals surface area contributed by atoms with Gasteiger partial charge in [0.1, 0.15) is 24.8 Å². The molecule has 4 N–H and O–H groups in total. The van der Waals surface area contributed by atoms with E-state index in [0.29, 0.717) is 35.3 Å². The molecule has 10 nitrogen and oxygen atoms in total. The van der Waals surface area contributed by atoms with Crippen LogP contribution in [0.1, 0.15) is 57.1 Å². The molecule has 2 unspecified atom stereocenters. The summed E-state index contributed by atoms with van der Waals surface area (Å²) >= 11 is 0. The van der Waals surface area contributed by atoms with Crippen LogP contribution in [0.5, 0.6) is 0 Å². The summed E-state index contributed by atoms with van der Waals surface area (Å²) in [6, 6.07) is 0. The Morgan fingerprint density at radius 2 is 2.00 bits per heavy atom. The lowest BCUT2D eigenvalue weighted by atomic mass is 10.0. The second-order valence-electron chi connectivity index (χ2n) is 7.57. The average Bonchev–Trinajstić information content (AvgIpc) is 3.42. The molecule has 4 heterocycles. The molecule has 1 aliphatic rings. The van der Waals surface area contributed by atoms with Crippen LogP contribution in [0.4, 0.5) is 0 Å². The van der Waals surface area contributed by atoms with E-state index >= 15 is 0 Å². The highest BCUT2D eigenvalue weighted by Crippen LogP contribution is 2.32. The maximum atomic E-state index is 10.6. The van der Waals surface area contributed by atoms with E-state index in [9.17, 15) is 20.4 Å². The summed E-state index contributed by atoms with van der Waals surface area (Å²) in [7, 11) is 0. The summed E-state index contributed by atoms with van der Waals surface area (Å²) < 4.78 is 9.03. The molecular weight excluding hydrogens is 378 g/mol. The number of imidazole rings is 2. The zero-order valence-corrected chi connectivity index (χ0v) is 16.3. The molecule has 0 saturated carbocycles. The minimum Gasteiger partial charge on any atom is -0.394 e. The van der Waals surface area contributed by atoms with Gasteiger partial charge in [0.2, 0.25) is 0 Å². The predicted molar refractivity (Wildman–Crippen MR) is 103 cm³/mol. The van der Waals surface area contributed by atoms with Gasteiger partial charge in [-0.2, -0.15) is 0 Å². The van der Waals surface area contributed by atoms with E-state index in [1.807, 2.05) is 0 Å². The van der Waals surface area contributed by atoms with Crippen molar-refractivity contribution in [2.45, 2.75) is 69.7 Å². The normalized spacial score (nSPS) is 24.5. The molecule has 0 radical (unpaired) electrons. The van der Waals surface area contributed by atoms with Gasteiger partial charge in [0.05, 0.1) is 37.0 Å². The standard InChI is InChI=1S/C19H27N5O5/c1-2-3-4-5-12(26)17(28)11-7-20-18-16-19(22-10-23(11)18)24(9-21-16)15-6-13(27)14(8-25)29-15/h7,9-10,12-15,17,25-28H,2-6,8H2,1H3/t12?,13-,14+,15+,17?/m0/s1. The number of aromatic nitrogens is 5. The maximum absolute atomic E-state index is 10.6. The van der Waals surface area contributed by atoms with Crippen LogP contribution in [0.25, 0.3) is 16.8 Å². The number of hydrogen-bond donors (Lipinski definition) is 4. The lowest BCUT2D eigenvalue weighted by Gasteiger charge is -2.17. The topological polar surface area (TPSA) is 138 Å². The molecule has 3 aromatic heterocycles. The van der Waals surface area contributed by atoms with Gasteiger partial charge in [0.15, 0.2) is 16.8 Å². The first-order chi connectivity index (χ1) is 14.0. The minimum atomic E-state index is -1.07. The van der Waals surface area contributed by atoms with Gasteiger partial charge < -0.3 is 25.2 Å². The summed E-state index contributed by atoms with van der Waals surface area (Å²) in [5.74, 6) is 0. The first kappa shape index (κ1) is 20.2. The van der Waals surface area contributed by atoms with Crippen LogP contribution >= 0.6 is 0 Å². The maximum Gasteiger partial charge on any atom is 0.168 e. The van der Waals surface area contributed by atoms with Crippen molar-refractivity contribution in [3.63, 3.8) is 0 Å². The van der Waals surface area contributed by atoms with Gasteiger partial charge in [-0.1, -0.05) is 26.2 Å². The molecular formula is C19H27N5O5. The number of ether oxygens (including phenoxy) is 1. The molecule has 5 atom stereocenters. The number of hydrogen-bond acceptors (Lipinski definition) is 8. The Balaban J connectivity index is 1.62. The molecule has 0 aliphatic carbocycles. The number of fused-ring (bicyclic) bond motifs is 3. The van der Waals surface area contributed by atoms with Crippen LogP contribution in [0, 0.1) is 0 Å². The van der Waals surface area contributed by atoms with E-state index in [2.05, 4.69) is 21.9 Å². The predicted octanol–water partition coefficient (Wildman–Crippen LogP) is 0.694. The van der Waals surface area contributed by atoms with Crippen molar-refractivity contribution in [1.82, 2.24) is 23.9 Å². The Morgan fingerprint density at radius 3 is 2.72 bits per heavy atom. The monoisotopic (exact) mass is 405 g/mol. The third-order valence-electron chi connectivity index (χ3n) is 5.57. The first-order valence-electron chi connectivity index (χ1n) is 10.0. The van der Waals surface area contributed by atoms with Crippen LogP contribution in [0.3, 0.4) is 0 Å². The number of rotatable bonds is 8. The molecule has 1 saturated heterocycles. The van der Waals surface area contributed by atoms with Gasteiger partial charge in [-0.15, -0.1) is 0 Å². The van der Waals surface area contributed by atoms with Crippen LogP contribution in [-0.4, -0.2) is 69.3 Å². The number of aliphatic hydroxyl groups is 4. The Hall–Kier alpha value is -2.11. The van der Waals surface area contributed by atoms with Gasteiger partial charge in [0, 0.05) is 6.42 Å². The molecule has 0 amide bonds. The van der Waals surface area contributed by atoms with E-state index < -0.39 is 30.6 Å². The lowest BCUT2D eigenvalue weighted by molar-refractivity contribution is -0.0432. The number of aliphatic hydroxyl groups excluding tert-OH is 4. The SMILES string of the molecule is CCCCCC(O)C(O)c1cnc2c3ncn([C@H]4C[C@H](O)[C@@H](CO)O4)c3ncn12. The number of nitrogens with zero attached hydrogens (tertiary/aromatic N) is 5.